The van der Waals surface area contributed by atoms with Gasteiger partial charge in [0.1, 0.15) is 0 Å². The molecule has 2 aromatic rings. The van der Waals surface area contributed by atoms with Gasteiger partial charge in [-0.1, -0.05) is 31.4 Å². The first-order valence-electron chi connectivity index (χ1n) is 9.83. The van der Waals surface area contributed by atoms with Crippen molar-refractivity contribution in [2.24, 2.45) is 0 Å². The first-order chi connectivity index (χ1) is 13.2. The van der Waals surface area contributed by atoms with E-state index in [4.69, 9.17) is 0 Å². The number of carbonyl (C=O) groups excluding carboxylic acids is 2. The third-order valence-electron chi connectivity index (χ3n) is 4.93. The lowest BCUT2D eigenvalue weighted by Gasteiger charge is -2.25. The fourth-order valence-corrected chi connectivity index (χ4v) is 3.41. The van der Waals surface area contributed by atoms with Gasteiger partial charge in [0.15, 0.2) is 0 Å². The molecule has 0 spiro atoms. The Hall–Kier alpha value is -2.69. The van der Waals surface area contributed by atoms with Crippen LogP contribution < -0.4 is 5.32 Å². The number of nitrogens with one attached hydrogen (secondary N) is 1. The van der Waals surface area contributed by atoms with Crippen molar-refractivity contribution in [1.82, 2.24) is 15.2 Å². The van der Waals surface area contributed by atoms with E-state index in [0.717, 1.165) is 37.2 Å². The number of hydrogen-bond donors (Lipinski definition) is 1. The van der Waals surface area contributed by atoms with E-state index < -0.39 is 0 Å². The number of pyridine rings is 1. The Morgan fingerprint density at radius 1 is 0.963 bits per heavy atom. The molecule has 2 amide bonds. The standard InChI is InChI=1S/C22H27N3O2/c1-2-23-21(26)19-12-13-24-20(16-19)17-8-10-18(11-9-17)22(27)25-14-6-4-3-5-7-15-25/h8-13,16H,2-7,14-15H2,1H3,(H,23,26). The van der Waals surface area contributed by atoms with Crippen LogP contribution in [0.3, 0.4) is 0 Å². The lowest BCUT2D eigenvalue weighted by Crippen LogP contribution is -2.33. The Morgan fingerprint density at radius 2 is 1.63 bits per heavy atom. The van der Waals surface area contributed by atoms with Crippen LogP contribution in [-0.4, -0.2) is 41.3 Å². The highest BCUT2D eigenvalue weighted by atomic mass is 16.2. The van der Waals surface area contributed by atoms with Crippen LogP contribution in [0.15, 0.2) is 42.6 Å². The molecular formula is C22H27N3O2. The van der Waals surface area contributed by atoms with Crippen molar-refractivity contribution in [3.05, 3.63) is 53.7 Å². The fraction of sp³-hybridized carbons (Fsp3) is 0.409. The van der Waals surface area contributed by atoms with Crippen LogP contribution in [0.5, 0.6) is 0 Å². The summed E-state index contributed by atoms with van der Waals surface area (Å²) in [4.78, 5) is 31.1. The zero-order valence-electron chi connectivity index (χ0n) is 15.9. The van der Waals surface area contributed by atoms with E-state index in [-0.39, 0.29) is 11.8 Å². The highest BCUT2D eigenvalue weighted by Crippen LogP contribution is 2.20. The van der Waals surface area contributed by atoms with Crippen LogP contribution >= 0.6 is 0 Å². The molecule has 1 aliphatic heterocycles. The van der Waals surface area contributed by atoms with Gasteiger partial charge in [0, 0.05) is 42.5 Å². The maximum absolute atomic E-state index is 12.8. The van der Waals surface area contributed by atoms with Gasteiger partial charge in [-0.05, 0) is 44.0 Å². The number of carbonyl (C=O) groups is 2. The van der Waals surface area contributed by atoms with Crippen molar-refractivity contribution in [2.45, 2.75) is 39.0 Å². The molecule has 1 aliphatic rings. The van der Waals surface area contributed by atoms with Crippen LogP contribution in [-0.2, 0) is 0 Å². The van der Waals surface area contributed by atoms with Gasteiger partial charge < -0.3 is 10.2 Å². The average Bonchev–Trinajstić information content (AvgIpc) is 2.68. The molecule has 0 aliphatic carbocycles. The molecule has 1 N–H and O–H groups in total. The zero-order valence-corrected chi connectivity index (χ0v) is 15.9. The van der Waals surface area contributed by atoms with Gasteiger partial charge in [-0.2, -0.15) is 0 Å². The Kier molecular flexibility index (Phi) is 6.58. The van der Waals surface area contributed by atoms with Gasteiger partial charge in [0.25, 0.3) is 11.8 Å². The van der Waals surface area contributed by atoms with E-state index in [1.807, 2.05) is 36.1 Å². The fourth-order valence-electron chi connectivity index (χ4n) is 3.41. The number of amides is 2. The molecule has 2 heterocycles. The average molecular weight is 365 g/mol. The zero-order chi connectivity index (χ0) is 19.1. The number of benzene rings is 1. The summed E-state index contributed by atoms with van der Waals surface area (Å²) in [6.45, 7) is 4.17. The van der Waals surface area contributed by atoms with Crippen molar-refractivity contribution in [2.75, 3.05) is 19.6 Å². The number of rotatable bonds is 4. The highest BCUT2D eigenvalue weighted by molar-refractivity contribution is 5.96. The maximum Gasteiger partial charge on any atom is 0.253 e. The summed E-state index contributed by atoms with van der Waals surface area (Å²) in [6.07, 6.45) is 7.49. The Morgan fingerprint density at radius 3 is 2.30 bits per heavy atom. The van der Waals surface area contributed by atoms with Crippen molar-refractivity contribution < 1.29 is 9.59 Å². The van der Waals surface area contributed by atoms with Gasteiger partial charge >= 0.3 is 0 Å². The van der Waals surface area contributed by atoms with Crippen LogP contribution in [0.2, 0.25) is 0 Å². The van der Waals surface area contributed by atoms with Crippen LogP contribution in [0, 0.1) is 0 Å². The number of nitrogens with zero attached hydrogens (tertiary/aromatic N) is 2. The normalized spacial score (nSPS) is 14.9. The monoisotopic (exact) mass is 365 g/mol. The Labute approximate surface area is 160 Å². The lowest BCUT2D eigenvalue weighted by atomic mass is 10.0. The van der Waals surface area contributed by atoms with Crippen molar-refractivity contribution in [3.63, 3.8) is 0 Å². The predicted octanol–water partition coefficient (Wildman–Crippen LogP) is 3.90. The SMILES string of the molecule is CCNC(=O)c1ccnc(-c2ccc(C(=O)N3CCCCCCC3)cc2)c1. The number of aromatic nitrogens is 1. The maximum atomic E-state index is 12.8. The smallest absolute Gasteiger partial charge is 0.253 e. The molecule has 1 aromatic carbocycles. The third-order valence-corrected chi connectivity index (χ3v) is 4.93. The molecule has 0 bridgehead atoms. The largest absolute Gasteiger partial charge is 0.352 e. The van der Waals surface area contributed by atoms with Gasteiger partial charge in [-0.3, -0.25) is 14.6 Å². The van der Waals surface area contributed by atoms with Crippen LogP contribution in [0.1, 0.15) is 59.7 Å². The second kappa shape index (κ2) is 9.31. The van der Waals surface area contributed by atoms with Crippen LogP contribution in [0.4, 0.5) is 0 Å². The molecule has 0 radical (unpaired) electrons. The van der Waals surface area contributed by atoms with E-state index in [9.17, 15) is 9.59 Å². The molecule has 0 atom stereocenters. The van der Waals surface area contributed by atoms with E-state index in [1.54, 1.807) is 18.3 Å². The van der Waals surface area contributed by atoms with Gasteiger partial charge in [-0.15, -0.1) is 0 Å². The summed E-state index contributed by atoms with van der Waals surface area (Å²) in [5, 5.41) is 2.79. The predicted molar refractivity (Wildman–Crippen MR) is 107 cm³/mol. The highest BCUT2D eigenvalue weighted by Gasteiger charge is 2.17. The minimum atomic E-state index is -0.106. The first kappa shape index (κ1) is 19.1. The van der Waals surface area contributed by atoms with Crippen molar-refractivity contribution in [1.29, 1.82) is 0 Å². The molecule has 27 heavy (non-hydrogen) atoms. The third kappa shape index (κ3) is 4.94. The minimum Gasteiger partial charge on any atom is -0.352 e. The summed E-state index contributed by atoms with van der Waals surface area (Å²) in [7, 11) is 0. The van der Waals surface area contributed by atoms with Crippen molar-refractivity contribution in [3.8, 4) is 11.3 Å². The van der Waals surface area contributed by atoms with Gasteiger partial charge in [-0.25, -0.2) is 0 Å². The van der Waals surface area contributed by atoms with Crippen molar-refractivity contribution >= 4 is 11.8 Å². The summed E-state index contributed by atoms with van der Waals surface area (Å²) >= 11 is 0. The van der Waals surface area contributed by atoms with E-state index >= 15 is 0 Å². The van der Waals surface area contributed by atoms with E-state index in [0.29, 0.717) is 17.7 Å². The molecule has 1 aromatic heterocycles. The second-order valence-corrected chi connectivity index (χ2v) is 6.93. The first-order valence-corrected chi connectivity index (χ1v) is 9.83. The number of hydrogen-bond acceptors (Lipinski definition) is 3. The Bertz CT molecular complexity index is 778. The van der Waals surface area contributed by atoms with E-state index in [2.05, 4.69) is 10.3 Å². The summed E-state index contributed by atoms with van der Waals surface area (Å²) in [5.74, 6) is -0.00230. The molecular weight excluding hydrogens is 338 g/mol. The van der Waals surface area contributed by atoms with E-state index in [1.165, 1.54) is 19.3 Å². The van der Waals surface area contributed by atoms with Crippen LogP contribution in [0.25, 0.3) is 11.3 Å². The molecule has 1 saturated heterocycles. The molecule has 142 valence electrons. The molecule has 3 rings (SSSR count). The summed E-state index contributed by atoms with van der Waals surface area (Å²) in [5.41, 5.74) is 2.91. The quantitative estimate of drug-likeness (QED) is 0.894. The topological polar surface area (TPSA) is 62.3 Å². The summed E-state index contributed by atoms with van der Waals surface area (Å²) < 4.78 is 0. The molecule has 0 unspecified atom stereocenters. The van der Waals surface area contributed by atoms with Gasteiger partial charge in [0.2, 0.25) is 0 Å². The Balaban J connectivity index is 1.74. The second-order valence-electron chi connectivity index (χ2n) is 6.93. The molecule has 0 saturated carbocycles. The lowest BCUT2D eigenvalue weighted by molar-refractivity contribution is 0.0742. The van der Waals surface area contributed by atoms with Gasteiger partial charge in [0.05, 0.1) is 5.69 Å². The molecule has 1 fully saturated rings. The molecule has 5 nitrogen and oxygen atoms in total. The minimum absolute atomic E-state index is 0.104. The summed E-state index contributed by atoms with van der Waals surface area (Å²) in [6, 6.07) is 11.0. The molecule has 5 heteroatoms. The number of likely N-dealkylation sites (tertiary alicyclic amines) is 1.